The van der Waals surface area contributed by atoms with Crippen LogP contribution >= 0.6 is 15.9 Å². The standard InChI is InChI=1S/C25H19BrN2O3/c26-20-11-12-24(29)23(14-20)25(30)28-27-15-17-5-3-9-21(13-17)31-16-19-8-4-7-18-6-1-2-10-22(18)19/h1-15,29H,16H2,(H,28,30). The number of ether oxygens (including phenoxy) is 1. The first-order valence-electron chi connectivity index (χ1n) is 9.61. The molecule has 4 rings (SSSR count). The lowest BCUT2D eigenvalue weighted by Crippen LogP contribution is -2.17. The van der Waals surface area contributed by atoms with Crippen LogP contribution in [0.4, 0.5) is 0 Å². The Morgan fingerprint density at radius 3 is 2.71 bits per heavy atom. The lowest BCUT2D eigenvalue weighted by molar-refractivity contribution is 0.0952. The SMILES string of the molecule is O=C(NN=Cc1cccc(OCc2cccc3ccccc23)c1)c1cc(Br)ccc1O. The quantitative estimate of drug-likeness (QED) is 0.280. The van der Waals surface area contributed by atoms with E-state index in [-0.39, 0.29) is 11.3 Å². The van der Waals surface area contributed by atoms with Crippen molar-refractivity contribution in [3.8, 4) is 11.5 Å². The number of carbonyl (C=O) groups excluding carboxylic acids is 1. The monoisotopic (exact) mass is 474 g/mol. The van der Waals surface area contributed by atoms with Gasteiger partial charge < -0.3 is 9.84 Å². The smallest absolute Gasteiger partial charge is 0.275 e. The average Bonchev–Trinajstić information content (AvgIpc) is 2.79. The van der Waals surface area contributed by atoms with Crippen LogP contribution in [0.3, 0.4) is 0 Å². The van der Waals surface area contributed by atoms with Crippen molar-refractivity contribution < 1.29 is 14.6 Å². The van der Waals surface area contributed by atoms with Gasteiger partial charge in [0.05, 0.1) is 11.8 Å². The molecule has 0 atom stereocenters. The maximum absolute atomic E-state index is 12.2. The van der Waals surface area contributed by atoms with Crippen LogP contribution in [0.2, 0.25) is 0 Å². The maximum atomic E-state index is 12.2. The molecule has 0 saturated heterocycles. The number of rotatable bonds is 6. The first kappa shape index (κ1) is 20.6. The number of nitrogens with zero attached hydrogens (tertiary/aromatic N) is 1. The molecule has 154 valence electrons. The fourth-order valence-corrected chi connectivity index (χ4v) is 3.54. The van der Waals surface area contributed by atoms with Crippen LogP contribution in [0.15, 0.2) is 94.5 Å². The summed E-state index contributed by atoms with van der Waals surface area (Å²) in [7, 11) is 0. The van der Waals surface area contributed by atoms with E-state index in [1.807, 2.05) is 42.5 Å². The molecule has 0 aliphatic heterocycles. The number of amides is 1. The molecule has 5 nitrogen and oxygen atoms in total. The van der Waals surface area contributed by atoms with Gasteiger partial charge in [0.2, 0.25) is 0 Å². The third-order valence-electron chi connectivity index (χ3n) is 4.72. The van der Waals surface area contributed by atoms with Crippen molar-refractivity contribution in [2.24, 2.45) is 5.10 Å². The lowest BCUT2D eigenvalue weighted by atomic mass is 10.1. The van der Waals surface area contributed by atoms with Crippen LogP contribution in [0, 0.1) is 0 Å². The van der Waals surface area contributed by atoms with Gasteiger partial charge in [0.1, 0.15) is 18.1 Å². The average molecular weight is 475 g/mol. The number of aromatic hydroxyl groups is 1. The zero-order valence-electron chi connectivity index (χ0n) is 16.5. The number of hydrazone groups is 1. The molecule has 1 amide bonds. The first-order chi connectivity index (χ1) is 15.1. The van der Waals surface area contributed by atoms with E-state index in [2.05, 4.69) is 50.7 Å². The summed E-state index contributed by atoms with van der Waals surface area (Å²) in [6, 6.07) is 26.4. The van der Waals surface area contributed by atoms with E-state index in [9.17, 15) is 9.90 Å². The number of phenolic OH excluding ortho intramolecular Hbond substituents is 1. The van der Waals surface area contributed by atoms with Gasteiger partial charge in [0.15, 0.2) is 0 Å². The summed E-state index contributed by atoms with van der Waals surface area (Å²) in [5.74, 6) is 0.0889. The number of nitrogens with one attached hydrogen (secondary N) is 1. The molecule has 4 aromatic carbocycles. The van der Waals surface area contributed by atoms with Crippen molar-refractivity contribution in [3.05, 3.63) is 106 Å². The van der Waals surface area contributed by atoms with Crippen molar-refractivity contribution in [1.82, 2.24) is 5.43 Å². The van der Waals surface area contributed by atoms with E-state index < -0.39 is 5.91 Å². The molecule has 0 aromatic heterocycles. The minimum Gasteiger partial charge on any atom is -0.507 e. The van der Waals surface area contributed by atoms with Crippen molar-refractivity contribution in [2.75, 3.05) is 0 Å². The summed E-state index contributed by atoms with van der Waals surface area (Å²) >= 11 is 3.28. The number of phenols is 1. The highest BCUT2D eigenvalue weighted by molar-refractivity contribution is 9.10. The summed E-state index contributed by atoms with van der Waals surface area (Å²) in [6.45, 7) is 0.445. The van der Waals surface area contributed by atoms with E-state index in [1.165, 1.54) is 29.1 Å². The van der Waals surface area contributed by atoms with Crippen LogP contribution in [0.1, 0.15) is 21.5 Å². The van der Waals surface area contributed by atoms with Crippen molar-refractivity contribution in [1.29, 1.82) is 0 Å². The molecule has 31 heavy (non-hydrogen) atoms. The zero-order chi connectivity index (χ0) is 21.6. The summed E-state index contributed by atoms with van der Waals surface area (Å²) < 4.78 is 6.67. The van der Waals surface area contributed by atoms with E-state index in [4.69, 9.17) is 4.74 Å². The molecule has 4 aromatic rings. The Labute approximate surface area is 188 Å². The fourth-order valence-electron chi connectivity index (χ4n) is 3.18. The highest BCUT2D eigenvalue weighted by Crippen LogP contribution is 2.22. The second kappa shape index (κ2) is 9.45. The van der Waals surface area contributed by atoms with Crippen LogP contribution < -0.4 is 10.2 Å². The molecule has 0 saturated carbocycles. The molecule has 6 heteroatoms. The Hall–Kier alpha value is -3.64. The second-order valence-corrected chi connectivity index (χ2v) is 7.78. The molecular formula is C25H19BrN2O3. The van der Waals surface area contributed by atoms with Crippen LogP contribution in [0.5, 0.6) is 11.5 Å². The molecule has 0 fully saturated rings. The molecule has 0 spiro atoms. The molecule has 0 radical (unpaired) electrons. The Morgan fingerprint density at radius 1 is 1.00 bits per heavy atom. The van der Waals surface area contributed by atoms with Gasteiger partial charge in [0.25, 0.3) is 5.91 Å². The van der Waals surface area contributed by atoms with Gasteiger partial charge in [-0.05, 0) is 52.2 Å². The van der Waals surface area contributed by atoms with Gasteiger partial charge in [0, 0.05) is 4.47 Å². The minimum atomic E-state index is -0.501. The van der Waals surface area contributed by atoms with E-state index in [0.29, 0.717) is 16.8 Å². The summed E-state index contributed by atoms with van der Waals surface area (Å²) in [6.07, 6.45) is 1.53. The highest BCUT2D eigenvalue weighted by Gasteiger charge is 2.10. The summed E-state index contributed by atoms with van der Waals surface area (Å²) in [4.78, 5) is 12.2. The number of benzene rings is 4. The molecular weight excluding hydrogens is 456 g/mol. The number of fused-ring (bicyclic) bond motifs is 1. The van der Waals surface area contributed by atoms with Gasteiger partial charge in [-0.2, -0.15) is 5.10 Å². The normalized spacial score (nSPS) is 11.0. The molecule has 0 bridgehead atoms. The van der Waals surface area contributed by atoms with Gasteiger partial charge in [-0.15, -0.1) is 0 Å². The third-order valence-corrected chi connectivity index (χ3v) is 5.21. The Balaban J connectivity index is 1.41. The Morgan fingerprint density at radius 2 is 1.81 bits per heavy atom. The number of hydrogen-bond donors (Lipinski definition) is 2. The minimum absolute atomic E-state index is 0.111. The van der Waals surface area contributed by atoms with E-state index in [0.717, 1.165) is 11.1 Å². The molecule has 0 aliphatic rings. The Bertz CT molecular complexity index is 1270. The van der Waals surface area contributed by atoms with Crippen molar-refractivity contribution in [2.45, 2.75) is 6.61 Å². The van der Waals surface area contributed by atoms with Crippen molar-refractivity contribution in [3.63, 3.8) is 0 Å². The van der Waals surface area contributed by atoms with E-state index in [1.54, 1.807) is 6.07 Å². The summed E-state index contributed by atoms with van der Waals surface area (Å²) in [5, 5.41) is 16.2. The van der Waals surface area contributed by atoms with Crippen LogP contribution in [-0.2, 0) is 6.61 Å². The largest absolute Gasteiger partial charge is 0.507 e. The first-order valence-corrected chi connectivity index (χ1v) is 10.4. The van der Waals surface area contributed by atoms with Crippen LogP contribution in [0.25, 0.3) is 10.8 Å². The third kappa shape index (κ3) is 5.10. The predicted octanol–water partition coefficient (Wildman–Crippen LogP) is 5.65. The van der Waals surface area contributed by atoms with Crippen LogP contribution in [-0.4, -0.2) is 17.2 Å². The highest BCUT2D eigenvalue weighted by atomic mass is 79.9. The van der Waals surface area contributed by atoms with Gasteiger partial charge in [-0.3, -0.25) is 4.79 Å². The molecule has 2 N–H and O–H groups in total. The zero-order valence-corrected chi connectivity index (χ0v) is 18.0. The number of carbonyl (C=O) groups is 1. The van der Waals surface area contributed by atoms with Crippen molar-refractivity contribution >= 4 is 38.8 Å². The second-order valence-electron chi connectivity index (χ2n) is 6.86. The van der Waals surface area contributed by atoms with Gasteiger partial charge in [-0.25, -0.2) is 5.43 Å². The lowest BCUT2D eigenvalue weighted by Gasteiger charge is -2.09. The Kier molecular flexibility index (Phi) is 6.29. The summed E-state index contributed by atoms with van der Waals surface area (Å²) in [5.41, 5.74) is 4.44. The molecule has 0 heterocycles. The topological polar surface area (TPSA) is 70.9 Å². The van der Waals surface area contributed by atoms with Gasteiger partial charge in [-0.1, -0.05) is 70.5 Å². The predicted molar refractivity (Wildman–Crippen MR) is 126 cm³/mol. The fraction of sp³-hybridized carbons (Fsp3) is 0.0400. The molecule has 0 unspecified atom stereocenters. The maximum Gasteiger partial charge on any atom is 0.275 e. The van der Waals surface area contributed by atoms with E-state index >= 15 is 0 Å². The number of halogens is 1. The molecule has 0 aliphatic carbocycles. The van der Waals surface area contributed by atoms with Gasteiger partial charge >= 0.3 is 0 Å². The number of hydrogen-bond acceptors (Lipinski definition) is 4.